The van der Waals surface area contributed by atoms with Gasteiger partial charge < -0.3 is 9.84 Å². The lowest BCUT2D eigenvalue weighted by Crippen LogP contribution is -2.44. The molecule has 9 heteroatoms. The average Bonchev–Trinajstić information content (AvgIpc) is 2.60. The van der Waals surface area contributed by atoms with Gasteiger partial charge in [0, 0.05) is 19.8 Å². The molecule has 0 aliphatic carbocycles. The number of aliphatic hydroxyl groups is 1. The van der Waals surface area contributed by atoms with Gasteiger partial charge in [-0.2, -0.15) is 0 Å². The lowest BCUT2D eigenvalue weighted by Gasteiger charge is -2.19. The molecule has 1 rings (SSSR count). The van der Waals surface area contributed by atoms with Crippen molar-refractivity contribution in [1.29, 1.82) is 0 Å². The molecular formula is C9H19NO6S2. The Bertz CT molecular complexity index is 451. The molecule has 1 aliphatic rings. The van der Waals surface area contributed by atoms with Gasteiger partial charge in [-0.15, -0.1) is 0 Å². The molecule has 0 saturated carbocycles. The third-order valence-corrected chi connectivity index (χ3v) is 6.73. The first kappa shape index (κ1) is 15.8. The zero-order valence-electron chi connectivity index (χ0n) is 10.2. The van der Waals surface area contributed by atoms with E-state index in [-0.39, 0.29) is 37.6 Å². The monoisotopic (exact) mass is 301 g/mol. The maximum atomic E-state index is 12.0. The summed E-state index contributed by atoms with van der Waals surface area (Å²) in [6.07, 6.45) is 0.350. The van der Waals surface area contributed by atoms with Crippen LogP contribution in [-0.4, -0.2) is 65.1 Å². The minimum atomic E-state index is -3.69. The number of sulfonamides is 1. The first-order valence-electron chi connectivity index (χ1n) is 5.62. The van der Waals surface area contributed by atoms with Gasteiger partial charge in [0.05, 0.1) is 23.4 Å². The van der Waals surface area contributed by atoms with E-state index in [0.717, 1.165) is 0 Å². The minimum absolute atomic E-state index is 0.0898. The Labute approximate surface area is 107 Å². The number of hydrogen-bond donors (Lipinski definition) is 2. The van der Waals surface area contributed by atoms with Crippen molar-refractivity contribution in [3.8, 4) is 0 Å². The summed E-state index contributed by atoms with van der Waals surface area (Å²) < 4.78 is 53.7. The molecule has 0 aromatic rings. The van der Waals surface area contributed by atoms with E-state index in [2.05, 4.69) is 4.72 Å². The lowest BCUT2D eigenvalue weighted by molar-refractivity contribution is 0.158. The minimum Gasteiger partial charge on any atom is -0.396 e. The second-order valence-corrected chi connectivity index (χ2v) is 8.57. The van der Waals surface area contributed by atoms with Crippen molar-refractivity contribution >= 4 is 19.9 Å². The molecular weight excluding hydrogens is 282 g/mol. The predicted octanol–water partition coefficient (Wildman–Crippen LogP) is -1.51. The fourth-order valence-electron chi connectivity index (χ4n) is 1.87. The van der Waals surface area contributed by atoms with Gasteiger partial charge in [0.1, 0.15) is 0 Å². The van der Waals surface area contributed by atoms with Crippen LogP contribution in [0.15, 0.2) is 0 Å². The molecule has 2 unspecified atom stereocenters. The molecule has 0 radical (unpaired) electrons. The fourth-order valence-corrected chi connectivity index (χ4v) is 6.17. The smallest absolute Gasteiger partial charge is 0.215 e. The van der Waals surface area contributed by atoms with E-state index < -0.39 is 31.2 Å². The summed E-state index contributed by atoms with van der Waals surface area (Å²) in [4.78, 5) is 0. The Morgan fingerprint density at radius 3 is 2.61 bits per heavy atom. The van der Waals surface area contributed by atoms with Crippen LogP contribution >= 0.6 is 0 Å². The molecule has 0 amide bonds. The summed E-state index contributed by atoms with van der Waals surface area (Å²) >= 11 is 0. The molecule has 7 nitrogen and oxygen atoms in total. The third-order valence-electron chi connectivity index (χ3n) is 2.81. The van der Waals surface area contributed by atoms with Crippen LogP contribution in [0.5, 0.6) is 0 Å². The second-order valence-electron chi connectivity index (χ2n) is 4.35. The Morgan fingerprint density at radius 2 is 2.17 bits per heavy atom. The topological polar surface area (TPSA) is 110 Å². The van der Waals surface area contributed by atoms with Crippen molar-refractivity contribution in [1.82, 2.24) is 4.72 Å². The highest BCUT2D eigenvalue weighted by Gasteiger charge is 2.37. The van der Waals surface area contributed by atoms with Crippen molar-refractivity contribution in [2.24, 2.45) is 0 Å². The highest BCUT2D eigenvalue weighted by Crippen LogP contribution is 2.18. The molecule has 1 fully saturated rings. The standard InChI is InChI=1S/C9H19NO6S2/c1-16-6-8(2-4-11)10-18(14,15)9-3-5-17(12,13)7-9/h8-11H,2-7H2,1H3. The highest BCUT2D eigenvalue weighted by molar-refractivity contribution is 7.95. The Balaban J connectivity index is 2.69. The number of rotatable bonds is 7. The van der Waals surface area contributed by atoms with Gasteiger partial charge in [-0.05, 0) is 12.8 Å². The molecule has 0 bridgehead atoms. The van der Waals surface area contributed by atoms with Gasteiger partial charge >= 0.3 is 0 Å². The maximum Gasteiger partial charge on any atom is 0.215 e. The number of hydrogen-bond acceptors (Lipinski definition) is 6. The van der Waals surface area contributed by atoms with Crippen molar-refractivity contribution in [2.45, 2.75) is 24.1 Å². The van der Waals surface area contributed by atoms with E-state index in [9.17, 15) is 16.8 Å². The molecule has 2 N–H and O–H groups in total. The van der Waals surface area contributed by atoms with Gasteiger partial charge in [-0.1, -0.05) is 0 Å². The van der Waals surface area contributed by atoms with E-state index in [0.29, 0.717) is 0 Å². The number of methoxy groups -OCH3 is 1. The Hall–Kier alpha value is -0.220. The fraction of sp³-hybridized carbons (Fsp3) is 1.00. The molecule has 2 atom stereocenters. The highest BCUT2D eigenvalue weighted by atomic mass is 32.2. The summed E-state index contributed by atoms with van der Waals surface area (Å²) in [5, 5.41) is 7.92. The number of ether oxygens (including phenoxy) is 1. The van der Waals surface area contributed by atoms with Crippen LogP contribution in [0.2, 0.25) is 0 Å². The molecule has 18 heavy (non-hydrogen) atoms. The van der Waals surface area contributed by atoms with E-state index in [1.165, 1.54) is 7.11 Å². The van der Waals surface area contributed by atoms with Crippen molar-refractivity contribution in [2.75, 3.05) is 31.8 Å². The van der Waals surface area contributed by atoms with E-state index in [4.69, 9.17) is 9.84 Å². The number of sulfone groups is 1. The normalized spacial score (nSPS) is 25.1. The van der Waals surface area contributed by atoms with Crippen LogP contribution < -0.4 is 4.72 Å². The second kappa shape index (κ2) is 6.29. The van der Waals surface area contributed by atoms with Gasteiger partial charge in [-0.25, -0.2) is 21.6 Å². The number of aliphatic hydroxyl groups excluding tert-OH is 1. The average molecular weight is 301 g/mol. The molecule has 1 aliphatic heterocycles. The van der Waals surface area contributed by atoms with E-state index in [1.54, 1.807) is 0 Å². The largest absolute Gasteiger partial charge is 0.396 e. The number of nitrogens with one attached hydrogen (secondary N) is 1. The SMILES string of the molecule is COCC(CCO)NS(=O)(=O)C1CCS(=O)(=O)C1. The van der Waals surface area contributed by atoms with Crippen LogP contribution in [0.3, 0.4) is 0 Å². The summed E-state index contributed by atoms with van der Waals surface area (Å²) in [5.74, 6) is -0.422. The van der Waals surface area contributed by atoms with Crippen molar-refractivity contribution < 1.29 is 26.7 Å². The van der Waals surface area contributed by atoms with E-state index >= 15 is 0 Å². The third kappa shape index (κ3) is 4.47. The van der Waals surface area contributed by atoms with E-state index in [1.807, 2.05) is 0 Å². The van der Waals surface area contributed by atoms with Crippen LogP contribution in [0.25, 0.3) is 0 Å². The van der Waals surface area contributed by atoms with Crippen molar-refractivity contribution in [3.05, 3.63) is 0 Å². The van der Waals surface area contributed by atoms with Crippen molar-refractivity contribution in [3.63, 3.8) is 0 Å². The Morgan fingerprint density at radius 1 is 1.50 bits per heavy atom. The lowest BCUT2D eigenvalue weighted by atomic mass is 10.2. The summed E-state index contributed by atoms with van der Waals surface area (Å²) in [6, 6.07) is -0.534. The van der Waals surface area contributed by atoms with Crippen LogP contribution in [0.1, 0.15) is 12.8 Å². The van der Waals surface area contributed by atoms with Crippen LogP contribution in [0, 0.1) is 0 Å². The summed E-state index contributed by atoms with van der Waals surface area (Å²) in [6.45, 7) is -0.0290. The molecule has 0 aromatic heterocycles. The summed E-state index contributed by atoms with van der Waals surface area (Å²) in [5.41, 5.74) is 0. The quantitative estimate of drug-likeness (QED) is 0.591. The summed E-state index contributed by atoms with van der Waals surface area (Å²) in [7, 11) is -5.50. The van der Waals surface area contributed by atoms with Crippen LogP contribution in [-0.2, 0) is 24.6 Å². The predicted molar refractivity (Wildman–Crippen MR) is 66.5 cm³/mol. The van der Waals surface area contributed by atoms with Gasteiger partial charge in [0.25, 0.3) is 0 Å². The maximum absolute atomic E-state index is 12.0. The zero-order valence-corrected chi connectivity index (χ0v) is 11.8. The molecule has 0 aromatic carbocycles. The molecule has 1 heterocycles. The Kier molecular flexibility index (Phi) is 5.53. The molecule has 108 valence electrons. The van der Waals surface area contributed by atoms with Gasteiger partial charge in [-0.3, -0.25) is 0 Å². The molecule has 1 saturated heterocycles. The first-order valence-corrected chi connectivity index (χ1v) is 8.99. The molecule has 0 spiro atoms. The van der Waals surface area contributed by atoms with Gasteiger partial charge in [0.15, 0.2) is 9.84 Å². The zero-order chi connectivity index (χ0) is 13.8. The van der Waals surface area contributed by atoms with Crippen LogP contribution in [0.4, 0.5) is 0 Å². The van der Waals surface area contributed by atoms with Gasteiger partial charge in [0.2, 0.25) is 10.0 Å². The first-order chi connectivity index (χ1) is 8.30.